The summed E-state index contributed by atoms with van der Waals surface area (Å²) in [5, 5.41) is 4.17. The van der Waals surface area contributed by atoms with Crippen molar-refractivity contribution in [3.63, 3.8) is 0 Å². The van der Waals surface area contributed by atoms with Gasteiger partial charge in [-0.1, -0.05) is 17.7 Å². The first-order valence-corrected chi connectivity index (χ1v) is 6.54. The molecule has 0 amide bonds. The zero-order valence-corrected chi connectivity index (χ0v) is 12.1. The minimum absolute atomic E-state index is 0.0588. The van der Waals surface area contributed by atoms with Crippen LogP contribution >= 0.6 is 11.6 Å². The van der Waals surface area contributed by atoms with Gasteiger partial charge in [0.1, 0.15) is 0 Å². The molecule has 0 spiro atoms. The highest BCUT2D eigenvalue weighted by Gasteiger charge is 2.37. The van der Waals surface area contributed by atoms with E-state index in [0.717, 1.165) is 18.5 Å². The van der Waals surface area contributed by atoms with Gasteiger partial charge in [-0.2, -0.15) is 0 Å². The highest BCUT2D eigenvalue weighted by molar-refractivity contribution is 6.33. The highest BCUT2D eigenvalue weighted by atomic mass is 35.5. The first kappa shape index (κ1) is 13.5. The Hall–Kier alpha value is -0.930. The molecule has 0 aliphatic carbocycles. The van der Waals surface area contributed by atoms with E-state index in [1.165, 1.54) is 0 Å². The van der Waals surface area contributed by atoms with E-state index in [1.807, 2.05) is 12.1 Å². The summed E-state index contributed by atoms with van der Waals surface area (Å²) in [6.07, 6.45) is 1.09. The Morgan fingerprint density at radius 3 is 2.50 bits per heavy atom. The molecule has 0 radical (unpaired) electrons. The molecule has 1 aromatic rings. The zero-order valence-electron chi connectivity index (χ0n) is 11.3. The molecule has 1 N–H and O–H groups in total. The lowest BCUT2D eigenvalue weighted by Crippen LogP contribution is -2.36. The Labute approximate surface area is 113 Å². The van der Waals surface area contributed by atoms with Crippen LogP contribution < -0.4 is 14.8 Å². The molecule has 0 saturated carbocycles. The Kier molecular flexibility index (Phi) is 3.74. The smallest absolute Gasteiger partial charge is 0.179 e. The van der Waals surface area contributed by atoms with Crippen LogP contribution in [0.25, 0.3) is 0 Å². The Morgan fingerprint density at radius 1 is 1.28 bits per heavy atom. The molecular formula is C14H20ClNO2. The van der Waals surface area contributed by atoms with Crippen LogP contribution in [0.5, 0.6) is 11.5 Å². The predicted molar refractivity (Wildman–Crippen MR) is 74.0 cm³/mol. The van der Waals surface area contributed by atoms with Crippen LogP contribution in [0.3, 0.4) is 0 Å². The lowest BCUT2D eigenvalue weighted by Gasteiger charge is -2.28. The normalized spacial score (nSPS) is 21.9. The predicted octanol–water partition coefficient (Wildman–Crippen LogP) is 3.21. The molecular weight excluding hydrogens is 250 g/mol. The average molecular weight is 270 g/mol. The van der Waals surface area contributed by atoms with Gasteiger partial charge < -0.3 is 14.8 Å². The summed E-state index contributed by atoms with van der Waals surface area (Å²) in [5.74, 6) is 1.69. The largest absolute Gasteiger partial charge is 0.493 e. The standard InChI is InChI=1S/C14H20ClNO2/c1-14(2)10(7-8-16-14)9-5-6-11(17-3)13(18-4)12(9)15/h5-6,10,16H,7-8H2,1-4H3. The van der Waals surface area contributed by atoms with Crippen LogP contribution in [-0.4, -0.2) is 26.3 Å². The van der Waals surface area contributed by atoms with Crippen LogP contribution in [0.4, 0.5) is 0 Å². The number of nitrogens with one attached hydrogen (secondary N) is 1. The Morgan fingerprint density at radius 2 is 2.00 bits per heavy atom. The molecule has 100 valence electrons. The van der Waals surface area contributed by atoms with Crippen molar-refractivity contribution < 1.29 is 9.47 Å². The molecule has 1 unspecified atom stereocenters. The van der Waals surface area contributed by atoms with E-state index < -0.39 is 0 Å². The molecule has 1 aliphatic rings. The summed E-state index contributed by atoms with van der Waals surface area (Å²) in [6, 6.07) is 3.97. The summed E-state index contributed by atoms with van der Waals surface area (Å²) in [5.41, 5.74) is 1.19. The third-order valence-corrected chi connectivity index (χ3v) is 4.16. The maximum atomic E-state index is 6.47. The van der Waals surface area contributed by atoms with Gasteiger partial charge in [-0.15, -0.1) is 0 Å². The van der Waals surface area contributed by atoms with Crippen LogP contribution in [0.15, 0.2) is 12.1 Å². The van der Waals surface area contributed by atoms with Gasteiger partial charge in [0.05, 0.1) is 19.2 Å². The number of ether oxygens (including phenoxy) is 2. The third kappa shape index (κ3) is 2.17. The van der Waals surface area contributed by atoms with Crippen molar-refractivity contribution in [3.8, 4) is 11.5 Å². The van der Waals surface area contributed by atoms with E-state index in [1.54, 1.807) is 14.2 Å². The van der Waals surface area contributed by atoms with E-state index in [-0.39, 0.29) is 5.54 Å². The molecule has 1 atom stereocenters. The summed E-state index contributed by atoms with van der Waals surface area (Å²) < 4.78 is 10.6. The van der Waals surface area contributed by atoms with E-state index >= 15 is 0 Å². The first-order valence-electron chi connectivity index (χ1n) is 6.16. The number of rotatable bonds is 3. The molecule has 0 bridgehead atoms. The van der Waals surface area contributed by atoms with Crippen molar-refractivity contribution in [2.75, 3.05) is 20.8 Å². The third-order valence-electron chi connectivity index (χ3n) is 3.78. The van der Waals surface area contributed by atoms with Crippen LogP contribution in [0.2, 0.25) is 5.02 Å². The summed E-state index contributed by atoms with van der Waals surface area (Å²) in [6.45, 7) is 5.43. The molecule has 1 aromatic carbocycles. The molecule has 0 aromatic heterocycles. The van der Waals surface area contributed by atoms with Gasteiger partial charge in [0, 0.05) is 11.5 Å². The quantitative estimate of drug-likeness (QED) is 0.914. The van der Waals surface area contributed by atoms with Crippen molar-refractivity contribution in [2.45, 2.75) is 31.7 Å². The fourth-order valence-corrected chi connectivity index (χ4v) is 3.11. The average Bonchev–Trinajstić information content (AvgIpc) is 2.68. The molecule has 1 saturated heterocycles. The number of hydrogen-bond donors (Lipinski definition) is 1. The second-order valence-electron chi connectivity index (χ2n) is 5.19. The number of methoxy groups -OCH3 is 2. The van der Waals surface area contributed by atoms with E-state index in [9.17, 15) is 0 Å². The van der Waals surface area contributed by atoms with Crippen molar-refractivity contribution >= 4 is 11.6 Å². The van der Waals surface area contributed by atoms with Gasteiger partial charge in [-0.05, 0) is 38.4 Å². The van der Waals surface area contributed by atoms with Gasteiger partial charge in [-0.3, -0.25) is 0 Å². The molecule has 1 aliphatic heterocycles. The van der Waals surface area contributed by atoms with Gasteiger partial charge in [0.15, 0.2) is 11.5 Å². The molecule has 18 heavy (non-hydrogen) atoms. The van der Waals surface area contributed by atoms with Crippen molar-refractivity contribution in [1.29, 1.82) is 0 Å². The second kappa shape index (κ2) is 4.98. The number of halogens is 1. The van der Waals surface area contributed by atoms with E-state index in [0.29, 0.717) is 22.4 Å². The van der Waals surface area contributed by atoms with Crippen LogP contribution in [0.1, 0.15) is 31.7 Å². The van der Waals surface area contributed by atoms with Gasteiger partial charge >= 0.3 is 0 Å². The molecule has 1 fully saturated rings. The first-order chi connectivity index (χ1) is 8.51. The Balaban J connectivity index is 2.46. The van der Waals surface area contributed by atoms with Crippen molar-refractivity contribution in [2.24, 2.45) is 0 Å². The Bertz CT molecular complexity index is 446. The minimum Gasteiger partial charge on any atom is -0.493 e. The lowest BCUT2D eigenvalue weighted by molar-refractivity contribution is 0.352. The second-order valence-corrected chi connectivity index (χ2v) is 5.57. The van der Waals surface area contributed by atoms with Crippen molar-refractivity contribution in [1.82, 2.24) is 5.32 Å². The maximum absolute atomic E-state index is 6.47. The van der Waals surface area contributed by atoms with Crippen LogP contribution in [-0.2, 0) is 0 Å². The highest BCUT2D eigenvalue weighted by Crippen LogP contribution is 2.45. The summed E-state index contributed by atoms with van der Waals surface area (Å²) in [4.78, 5) is 0. The van der Waals surface area contributed by atoms with Gasteiger partial charge in [-0.25, -0.2) is 0 Å². The van der Waals surface area contributed by atoms with Gasteiger partial charge in [0.2, 0.25) is 0 Å². The van der Waals surface area contributed by atoms with Crippen molar-refractivity contribution in [3.05, 3.63) is 22.7 Å². The lowest BCUT2D eigenvalue weighted by atomic mass is 9.83. The molecule has 4 heteroatoms. The van der Waals surface area contributed by atoms with E-state index in [4.69, 9.17) is 21.1 Å². The van der Waals surface area contributed by atoms with Gasteiger partial charge in [0.25, 0.3) is 0 Å². The monoisotopic (exact) mass is 269 g/mol. The number of benzene rings is 1. The maximum Gasteiger partial charge on any atom is 0.179 e. The summed E-state index contributed by atoms with van der Waals surface area (Å²) >= 11 is 6.47. The fourth-order valence-electron chi connectivity index (χ4n) is 2.74. The molecule has 2 rings (SSSR count). The number of hydrogen-bond acceptors (Lipinski definition) is 3. The van der Waals surface area contributed by atoms with Crippen LogP contribution in [0, 0.1) is 0 Å². The summed E-state index contributed by atoms with van der Waals surface area (Å²) in [7, 11) is 3.24. The van der Waals surface area contributed by atoms with E-state index in [2.05, 4.69) is 19.2 Å². The minimum atomic E-state index is 0.0588. The topological polar surface area (TPSA) is 30.5 Å². The SMILES string of the molecule is COc1ccc(C2CCNC2(C)C)c(Cl)c1OC. The fraction of sp³-hybridized carbons (Fsp3) is 0.571. The molecule has 1 heterocycles. The zero-order chi connectivity index (χ0) is 13.3. The molecule has 3 nitrogen and oxygen atoms in total.